The van der Waals surface area contributed by atoms with Crippen molar-refractivity contribution in [3.63, 3.8) is 0 Å². The van der Waals surface area contributed by atoms with E-state index in [-0.39, 0.29) is 11.3 Å². The van der Waals surface area contributed by atoms with Gasteiger partial charge in [-0.05, 0) is 66.7 Å². The molecule has 0 spiro atoms. The molecule has 1 saturated carbocycles. The van der Waals surface area contributed by atoms with E-state index in [0.717, 1.165) is 32.2 Å². The Morgan fingerprint density at radius 1 is 1.35 bits per heavy atom. The maximum atomic E-state index is 12.2. The van der Waals surface area contributed by atoms with Crippen molar-refractivity contribution in [2.45, 2.75) is 38.5 Å². The first-order valence-electron chi connectivity index (χ1n) is 7.70. The summed E-state index contributed by atoms with van der Waals surface area (Å²) in [5, 5.41) is 12.7. The Labute approximate surface area is 119 Å². The highest BCUT2D eigenvalue weighted by molar-refractivity contribution is 5.85. The number of phenols is 1. The first-order valence-corrected chi connectivity index (χ1v) is 7.70. The number of rotatable bonds is 0. The SMILES string of the molecule is CC12CCC3c4ccc(O)cc4CCC3C1CNC2=O. The lowest BCUT2D eigenvalue weighted by Gasteiger charge is -2.47. The molecule has 4 rings (SSSR count). The molecule has 4 atom stereocenters. The lowest BCUT2D eigenvalue weighted by molar-refractivity contribution is -0.130. The number of benzene rings is 1. The van der Waals surface area contributed by atoms with Crippen LogP contribution in [0.1, 0.15) is 43.2 Å². The minimum absolute atomic E-state index is 0.143. The molecule has 2 N–H and O–H groups in total. The Balaban J connectivity index is 1.73. The molecule has 2 aliphatic carbocycles. The van der Waals surface area contributed by atoms with Crippen molar-refractivity contribution in [1.82, 2.24) is 5.32 Å². The van der Waals surface area contributed by atoms with Crippen LogP contribution in [0.3, 0.4) is 0 Å². The third-order valence-corrected chi connectivity index (χ3v) is 6.10. The number of aromatic hydroxyl groups is 1. The minimum Gasteiger partial charge on any atom is -0.508 e. The molecule has 1 aromatic rings. The Morgan fingerprint density at radius 2 is 2.20 bits per heavy atom. The molecule has 0 bridgehead atoms. The zero-order valence-corrected chi connectivity index (χ0v) is 11.9. The highest BCUT2D eigenvalue weighted by Crippen LogP contribution is 2.56. The van der Waals surface area contributed by atoms with Gasteiger partial charge in [0, 0.05) is 6.54 Å². The van der Waals surface area contributed by atoms with Gasteiger partial charge in [-0.1, -0.05) is 13.0 Å². The van der Waals surface area contributed by atoms with Gasteiger partial charge in [-0.3, -0.25) is 4.79 Å². The molecule has 1 heterocycles. The number of carbonyl (C=O) groups excluding carboxylic acids is 1. The second kappa shape index (κ2) is 4.00. The van der Waals surface area contributed by atoms with Gasteiger partial charge in [-0.15, -0.1) is 0 Å². The molecule has 3 aliphatic rings. The third kappa shape index (κ3) is 1.49. The summed E-state index contributed by atoms with van der Waals surface area (Å²) in [6.45, 7) is 3.01. The molecular weight excluding hydrogens is 250 g/mol. The first-order chi connectivity index (χ1) is 9.59. The van der Waals surface area contributed by atoms with Gasteiger partial charge in [0.25, 0.3) is 0 Å². The molecular formula is C17H21NO2. The van der Waals surface area contributed by atoms with E-state index in [4.69, 9.17) is 0 Å². The number of hydrogen-bond donors (Lipinski definition) is 2. The zero-order chi connectivity index (χ0) is 13.9. The van der Waals surface area contributed by atoms with E-state index in [1.165, 1.54) is 11.1 Å². The molecule has 1 amide bonds. The van der Waals surface area contributed by atoms with E-state index in [1.807, 2.05) is 12.1 Å². The first kappa shape index (κ1) is 12.2. The second-order valence-electron chi connectivity index (χ2n) is 6.96. The summed E-state index contributed by atoms with van der Waals surface area (Å²) in [4.78, 5) is 12.2. The van der Waals surface area contributed by atoms with E-state index in [9.17, 15) is 9.90 Å². The van der Waals surface area contributed by atoms with Gasteiger partial charge in [0.05, 0.1) is 5.41 Å². The maximum Gasteiger partial charge on any atom is 0.226 e. The summed E-state index contributed by atoms with van der Waals surface area (Å²) < 4.78 is 0. The third-order valence-electron chi connectivity index (χ3n) is 6.10. The van der Waals surface area contributed by atoms with Crippen LogP contribution >= 0.6 is 0 Å². The van der Waals surface area contributed by atoms with Crippen LogP contribution in [-0.4, -0.2) is 17.6 Å². The Bertz CT molecular complexity index is 582. The van der Waals surface area contributed by atoms with Crippen molar-refractivity contribution in [3.8, 4) is 5.75 Å². The number of nitrogens with one attached hydrogen (secondary N) is 1. The number of aryl methyl sites for hydroxylation is 1. The van der Waals surface area contributed by atoms with Crippen LogP contribution in [0.2, 0.25) is 0 Å². The van der Waals surface area contributed by atoms with E-state index in [0.29, 0.717) is 23.5 Å². The predicted molar refractivity (Wildman–Crippen MR) is 76.5 cm³/mol. The van der Waals surface area contributed by atoms with E-state index in [1.54, 1.807) is 0 Å². The molecule has 4 unspecified atom stereocenters. The van der Waals surface area contributed by atoms with Crippen LogP contribution in [0.25, 0.3) is 0 Å². The van der Waals surface area contributed by atoms with Gasteiger partial charge in [0.15, 0.2) is 0 Å². The van der Waals surface area contributed by atoms with Crippen molar-refractivity contribution in [1.29, 1.82) is 0 Å². The van der Waals surface area contributed by atoms with E-state index >= 15 is 0 Å². The summed E-state index contributed by atoms with van der Waals surface area (Å²) in [5.41, 5.74) is 2.59. The lowest BCUT2D eigenvalue weighted by atomic mass is 9.55. The molecule has 1 aromatic carbocycles. The average Bonchev–Trinajstić information content (AvgIpc) is 2.74. The number of phenolic OH excluding ortho intramolecular Hbond substituents is 1. The van der Waals surface area contributed by atoms with Crippen LogP contribution in [0.15, 0.2) is 18.2 Å². The summed E-state index contributed by atoms with van der Waals surface area (Å²) in [6.07, 6.45) is 4.27. The zero-order valence-electron chi connectivity index (χ0n) is 11.9. The largest absolute Gasteiger partial charge is 0.508 e. The van der Waals surface area contributed by atoms with E-state index in [2.05, 4.69) is 18.3 Å². The standard InChI is InChI=1S/C17H21NO2/c1-17-7-6-13-12-5-3-11(19)8-10(12)2-4-14(13)15(17)9-18-16(17)20/h3,5,8,13-15,19H,2,4,6-7,9H2,1H3,(H,18,20). The fraction of sp³-hybridized carbons (Fsp3) is 0.588. The summed E-state index contributed by atoms with van der Waals surface area (Å²) in [7, 11) is 0. The molecule has 20 heavy (non-hydrogen) atoms. The van der Waals surface area contributed by atoms with Gasteiger partial charge in [-0.25, -0.2) is 0 Å². The van der Waals surface area contributed by atoms with Gasteiger partial charge in [0.2, 0.25) is 5.91 Å². The van der Waals surface area contributed by atoms with Crippen LogP contribution < -0.4 is 5.32 Å². The quantitative estimate of drug-likeness (QED) is 0.762. The normalized spacial score (nSPS) is 38.6. The molecule has 1 aliphatic heterocycles. The summed E-state index contributed by atoms with van der Waals surface area (Å²) in [6, 6.07) is 5.85. The number of fused-ring (bicyclic) bond motifs is 5. The van der Waals surface area contributed by atoms with Crippen molar-refractivity contribution in [2.24, 2.45) is 17.3 Å². The second-order valence-corrected chi connectivity index (χ2v) is 6.96. The van der Waals surface area contributed by atoms with Crippen LogP contribution in [-0.2, 0) is 11.2 Å². The minimum atomic E-state index is -0.143. The Morgan fingerprint density at radius 3 is 3.05 bits per heavy atom. The van der Waals surface area contributed by atoms with Crippen molar-refractivity contribution in [2.75, 3.05) is 6.54 Å². The fourth-order valence-electron chi connectivity index (χ4n) is 4.95. The molecule has 106 valence electrons. The molecule has 3 heteroatoms. The van der Waals surface area contributed by atoms with Crippen LogP contribution in [0, 0.1) is 17.3 Å². The Hall–Kier alpha value is -1.51. The molecule has 0 aromatic heterocycles. The number of amides is 1. The van der Waals surface area contributed by atoms with Crippen LogP contribution in [0.5, 0.6) is 5.75 Å². The topological polar surface area (TPSA) is 49.3 Å². The van der Waals surface area contributed by atoms with Gasteiger partial charge in [-0.2, -0.15) is 0 Å². The fourth-order valence-corrected chi connectivity index (χ4v) is 4.95. The Kier molecular flexibility index (Phi) is 2.45. The van der Waals surface area contributed by atoms with Crippen molar-refractivity contribution < 1.29 is 9.90 Å². The molecule has 2 fully saturated rings. The molecule has 0 radical (unpaired) electrons. The highest BCUT2D eigenvalue weighted by Gasteiger charge is 2.54. The monoisotopic (exact) mass is 271 g/mol. The maximum absolute atomic E-state index is 12.2. The van der Waals surface area contributed by atoms with Gasteiger partial charge < -0.3 is 10.4 Å². The predicted octanol–water partition coefficient (Wildman–Crippen LogP) is 2.58. The van der Waals surface area contributed by atoms with E-state index < -0.39 is 0 Å². The smallest absolute Gasteiger partial charge is 0.226 e. The molecule has 1 saturated heterocycles. The van der Waals surface area contributed by atoms with Crippen LogP contribution in [0.4, 0.5) is 0 Å². The molecule has 3 nitrogen and oxygen atoms in total. The summed E-state index contributed by atoms with van der Waals surface area (Å²) in [5.74, 6) is 2.31. The van der Waals surface area contributed by atoms with Crippen molar-refractivity contribution >= 4 is 5.91 Å². The average molecular weight is 271 g/mol. The van der Waals surface area contributed by atoms with Gasteiger partial charge in [0.1, 0.15) is 5.75 Å². The van der Waals surface area contributed by atoms with Crippen molar-refractivity contribution in [3.05, 3.63) is 29.3 Å². The van der Waals surface area contributed by atoms with Gasteiger partial charge >= 0.3 is 0 Å². The summed E-state index contributed by atoms with van der Waals surface area (Å²) >= 11 is 0. The number of hydrogen-bond acceptors (Lipinski definition) is 2. The number of carbonyl (C=O) groups is 1. The lowest BCUT2D eigenvalue weighted by Crippen LogP contribution is -2.43. The highest BCUT2D eigenvalue weighted by atomic mass is 16.3.